The van der Waals surface area contributed by atoms with Gasteiger partial charge in [0.1, 0.15) is 5.71 Å². The minimum atomic E-state index is -0.408. The Morgan fingerprint density at radius 3 is 2.65 bits per heavy atom. The number of hydrogen-bond donors (Lipinski definition) is 2. The topological polar surface area (TPSA) is 90.9 Å². The zero-order valence-corrected chi connectivity index (χ0v) is 13.7. The van der Waals surface area contributed by atoms with E-state index in [1.807, 2.05) is 0 Å². The van der Waals surface area contributed by atoms with Gasteiger partial charge in [0, 0.05) is 25.6 Å². The highest BCUT2D eigenvalue weighted by molar-refractivity contribution is 6.42. The molecule has 0 atom stereocenters. The van der Waals surface area contributed by atoms with Crippen molar-refractivity contribution < 1.29 is 14.4 Å². The standard InChI is InChI=1S/C14H14Cl2N4O3/c1-20(14(23)11-4-5-12(21)19-18-11)7-13(22)17-8-2-3-9(15)10(16)6-8/h2-3,6H,4-5,7H2,1H3,(H,17,22)(H,19,21). The SMILES string of the molecule is CN(CC(=O)Nc1ccc(Cl)c(Cl)c1)C(=O)C1=NNC(=O)CC1. The predicted octanol–water partition coefficient (Wildman–Crippen LogP) is 1.66. The van der Waals surface area contributed by atoms with Gasteiger partial charge in [-0.15, -0.1) is 0 Å². The Kier molecular flexibility index (Phi) is 5.57. The molecule has 0 saturated heterocycles. The smallest absolute Gasteiger partial charge is 0.270 e. The summed E-state index contributed by atoms with van der Waals surface area (Å²) in [5.41, 5.74) is 2.94. The third-order valence-corrected chi connectivity index (χ3v) is 3.82. The van der Waals surface area contributed by atoms with Crippen molar-refractivity contribution in [1.82, 2.24) is 10.3 Å². The molecular weight excluding hydrogens is 343 g/mol. The van der Waals surface area contributed by atoms with Crippen LogP contribution in [0, 0.1) is 0 Å². The molecule has 1 aliphatic rings. The molecule has 0 bridgehead atoms. The van der Waals surface area contributed by atoms with Crippen LogP contribution in [0.4, 0.5) is 5.69 Å². The minimum Gasteiger partial charge on any atom is -0.331 e. The maximum absolute atomic E-state index is 12.1. The lowest BCUT2D eigenvalue weighted by molar-refractivity contribution is -0.128. The molecule has 2 rings (SSSR count). The van der Waals surface area contributed by atoms with Crippen molar-refractivity contribution in [2.75, 3.05) is 18.9 Å². The lowest BCUT2D eigenvalue weighted by atomic mass is 10.1. The van der Waals surface area contributed by atoms with Crippen molar-refractivity contribution in [3.63, 3.8) is 0 Å². The van der Waals surface area contributed by atoms with E-state index in [0.717, 1.165) is 0 Å². The summed E-state index contributed by atoms with van der Waals surface area (Å²) in [5, 5.41) is 7.03. The van der Waals surface area contributed by atoms with Crippen LogP contribution in [-0.2, 0) is 14.4 Å². The predicted molar refractivity (Wildman–Crippen MR) is 87.5 cm³/mol. The van der Waals surface area contributed by atoms with Gasteiger partial charge in [-0.05, 0) is 18.2 Å². The second-order valence-corrected chi connectivity index (χ2v) is 5.75. The zero-order chi connectivity index (χ0) is 17.0. The molecular formula is C14H14Cl2N4O3. The third kappa shape index (κ3) is 4.67. The van der Waals surface area contributed by atoms with Gasteiger partial charge in [-0.3, -0.25) is 14.4 Å². The van der Waals surface area contributed by atoms with E-state index in [9.17, 15) is 14.4 Å². The number of carbonyl (C=O) groups is 3. The monoisotopic (exact) mass is 356 g/mol. The molecule has 23 heavy (non-hydrogen) atoms. The maximum Gasteiger partial charge on any atom is 0.270 e. The number of anilines is 1. The maximum atomic E-state index is 12.1. The van der Waals surface area contributed by atoms with Gasteiger partial charge in [0.15, 0.2) is 0 Å². The number of rotatable bonds is 4. The summed E-state index contributed by atoms with van der Waals surface area (Å²) >= 11 is 11.7. The highest BCUT2D eigenvalue weighted by atomic mass is 35.5. The van der Waals surface area contributed by atoms with E-state index in [1.54, 1.807) is 12.1 Å². The number of amides is 3. The molecule has 0 saturated carbocycles. The Bertz CT molecular complexity index is 691. The van der Waals surface area contributed by atoms with Crippen molar-refractivity contribution in [2.24, 2.45) is 5.10 Å². The van der Waals surface area contributed by atoms with Gasteiger partial charge < -0.3 is 10.2 Å². The fourth-order valence-corrected chi connectivity index (χ4v) is 2.21. The number of halogens is 2. The molecule has 1 aliphatic heterocycles. The third-order valence-electron chi connectivity index (χ3n) is 3.08. The Labute approximate surface area is 142 Å². The lowest BCUT2D eigenvalue weighted by Gasteiger charge is -2.19. The van der Waals surface area contributed by atoms with Crippen LogP contribution >= 0.6 is 23.2 Å². The molecule has 0 unspecified atom stereocenters. The number of hydrogen-bond acceptors (Lipinski definition) is 4. The average molecular weight is 357 g/mol. The molecule has 0 aliphatic carbocycles. The summed E-state index contributed by atoms with van der Waals surface area (Å²) < 4.78 is 0. The molecule has 122 valence electrons. The summed E-state index contributed by atoms with van der Waals surface area (Å²) in [6, 6.07) is 4.69. The van der Waals surface area contributed by atoms with Crippen molar-refractivity contribution in [3.8, 4) is 0 Å². The normalized spacial score (nSPS) is 13.9. The summed E-state index contributed by atoms with van der Waals surface area (Å²) in [6.45, 7) is -0.161. The molecule has 0 radical (unpaired) electrons. The van der Waals surface area contributed by atoms with Crippen LogP contribution < -0.4 is 10.7 Å². The van der Waals surface area contributed by atoms with Gasteiger partial charge in [-0.25, -0.2) is 5.43 Å². The van der Waals surface area contributed by atoms with Crippen molar-refractivity contribution >= 4 is 52.3 Å². The van der Waals surface area contributed by atoms with Crippen molar-refractivity contribution in [2.45, 2.75) is 12.8 Å². The van der Waals surface area contributed by atoms with Gasteiger partial charge in [-0.1, -0.05) is 23.2 Å². The fraction of sp³-hybridized carbons (Fsp3) is 0.286. The van der Waals surface area contributed by atoms with Crippen LogP contribution in [0.3, 0.4) is 0 Å². The number of likely N-dealkylation sites (N-methyl/N-ethyl adjacent to an activating group) is 1. The Hall–Kier alpha value is -2.12. The second kappa shape index (κ2) is 7.43. The van der Waals surface area contributed by atoms with Gasteiger partial charge in [-0.2, -0.15) is 5.10 Å². The van der Waals surface area contributed by atoms with Gasteiger partial charge in [0.05, 0.1) is 16.6 Å². The van der Waals surface area contributed by atoms with Gasteiger partial charge >= 0.3 is 0 Å². The summed E-state index contributed by atoms with van der Waals surface area (Å²) in [7, 11) is 1.48. The highest BCUT2D eigenvalue weighted by Gasteiger charge is 2.22. The van der Waals surface area contributed by atoms with E-state index >= 15 is 0 Å². The molecule has 9 heteroatoms. The molecule has 1 heterocycles. The zero-order valence-electron chi connectivity index (χ0n) is 12.2. The number of hydrazone groups is 1. The highest BCUT2D eigenvalue weighted by Crippen LogP contribution is 2.24. The molecule has 7 nitrogen and oxygen atoms in total. The summed E-state index contributed by atoms with van der Waals surface area (Å²) in [4.78, 5) is 36.3. The molecule has 0 spiro atoms. The molecule has 2 N–H and O–H groups in total. The van der Waals surface area contributed by atoms with Gasteiger partial charge in [0.2, 0.25) is 11.8 Å². The Morgan fingerprint density at radius 2 is 2.04 bits per heavy atom. The van der Waals surface area contributed by atoms with E-state index in [0.29, 0.717) is 15.7 Å². The summed E-state index contributed by atoms with van der Waals surface area (Å²) in [5.74, 6) is -1.03. The van der Waals surface area contributed by atoms with E-state index in [-0.39, 0.29) is 36.9 Å². The van der Waals surface area contributed by atoms with Crippen LogP contribution in [0.1, 0.15) is 12.8 Å². The second-order valence-electron chi connectivity index (χ2n) is 4.93. The first-order valence-corrected chi connectivity index (χ1v) is 7.48. The molecule has 0 fully saturated rings. The minimum absolute atomic E-state index is 0.161. The molecule has 1 aromatic carbocycles. The molecule has 0 aromatic heterocycles. The first-order chi connectivity index (χ1) is 10.9. The van der Waals surface area contributed by atoms with Crippen LogP contribution in [0.2, 0.25) is 10.0 Å². The number of carbonyl (C=O) groups excluding carboxylic acids is 3. The van der Waals surface area contributed by atoms with Crippen molar-refractivity contribution in [1.29, 1.82) is 0 Å². The van der Waals surface area contributed by atoms with Crippen LogP contribution in [0.5, 0.6) is 0 Å². The Balaban J connectivity index is 1.92. The molecule has 3 amide bonds. The lowest BCUT2D eigenvalue weighted by Crippen LogP contribution is -2.41. The Morgan fingerprint density at radius 1 is 1.30 bits per heavy atom. The number of benzene rings is 1. The van der Waals surface area contributed by atoms with E-state index < -0.39 is 5.91 Å². The largest absolute Gasteiger partial charge is 0.331 e. The quantitative estimate of drug-likeness (QED) is 0.859. The first-order valence-electron chi connectivity index (χ1n) is 6.72. The first kappa shape index (κ1) is 17.2. The fourth-order valence-electron chi connectivity index (χ4n) is 1.91. The van der Waals surface area contributed by atoms with Crippen LogP contribution in [-0.4, -0.2) is 41.9 Å². The summed E-state index contributed by atoms with van der Waals surface area (Å²) in [6.07, 6.45) is 0.456. The van der Waals surface area contributed by atoms with E-state index in [4.69, 9.17) is 23.2 Å². The average Bonchev–Trinajstić information content (AvgIpc) is 2.51. The number of nitrogens with zero attached hydrogens (tertiary/aromatic N) is 2. The number of nitrogens with one attached hydrogen (secondary N) is 2. The van der Waals surface area contributed by atoms with Gasteiger partial charge in [0.25, 0.3) is 5.91 Å². The molecule has 1 aromatic rings. The van der Waals surface area contributed by atoms with E-state index in [1.165, 1.54) is 18.0 Å². The van der Waals surface area contributed by atoms with E-state index in [2.05, 4.69) is 15.8 Å². The van der Waals surface area contributed by atoms with Crippen molar-refractivity contribution in [3.05, 3.63) is 28.2 Å². The van der Waals surface area contributed by atoms with Crippen LogP contribution in [0.15, 0.2) is 23.3 Å². The van der Waals surface area contributed by atoms with Crippen LogP contribution in [0.25, 0.3) is 0 Å².